The predicted molar refractivity (Wildman–Crippen MR) is 73.5 cm³/mol. The molecule has 3 nitrogen and oxygen atoms in total. The van der Waals surface area contributed by atoms with Crippen molar-refractivity contribution in [2.45, 2.75) is 39.7 Å². The van der Waals surface area contributed by atoms with Gasteiger partial charge in [-0.25, -0.2) is 8.78 Å². The second-order valence-corrected chi connectivity index (χ2v) is 4.94. The molecule has 0 fully saturated rings. The highest BCUT2D eigenvalue weighted by Gasteiger charge is 2.19. The summed E-state index contributed by atoms with van der Waals surface area (Å²) in [5, 5.41) is 12.4. The molecule has 1 rings (SSSR count). The molecule has 0 heterocycles. The zero-order chi connectivity index (χ0) is 15.3. The van der Waals surface area contributed by atoms with Crippen molar-refractivity contribution in [3.05, 3.63) is 34.9 Å². The molecule has 0 spiro atoms. The maximum atomic E-state index is 13.5. The molecule has 5 heteroatoms. The first-order valence-corrected chi connectivity index (χ1v) is 6.82. The summed E-state index contributed by atoms with van der Waals surface area (Å²) in [6.45, 7) is 5.44. The third-order valence-electron chi connectivity index (χ3n) is 3.56. The lowest BCUT2D eigenvalue weighted by Crippen LogP contribution is -2.36. The fraction of sp³-hybridized carbons (Fsp3) is 0.533. The van der Waals surface area contributed by atoms with Crippen molar-refractivity contribution >= 4 is 5.91 Å². The molecule has 0 radical (unpaired) electrons. The Morgan fingerprint density at radius 3 is 2.40 bits per heavy atom. The molecule has 0 aliphatic carbocycles. The van der Waals surface area contributed by atoms with Gasteiger partial charge in [0.15, 0.2) is 0 Å². The predicted octanol–water partition coefficient (Wildman–Crippen LogP) is 2.80. The first-order chi connectivity index (χ1) is 9.40. The number of hydrogen-bond acceptors (Lipinski definition) is 2. The molecule has 1 amide bonds. The van der Waals surface area contributed by atoms with Crippen LogP contribution in [-0.4, -0.2) is 23.7 Å². The first kappa shape index (κ1) is 16.6. The lowest BCUT2D eigenvalue weighted by atomic mass is 9.96. The van der Waals surface area contributed by atoms with Crippen LogP contribution < -0.4 is 5.32 Å². The van der Waals surface area contributed by atoms with E-state index < -0.39 is 23.6 Å². The number of carbonyl (C=O) groups is 1. The number of aliphatic hydroxyl groups excluding tert-OH is 1. The number of amides is 1. The van der Waals surface area contributed by atoms with Gasteiger partial charge >= 0.3 is 0 Å². The summed E-state index contributed by atoms with van der Waals surface area (Å²) in [6.07, 6.45) is 0.938. The van der Waals surface area contributed by atoms with Crippen LogP contribution in [0.4, 0.5) is 8.78 Å². The standard InChI is InChI=1S/C15H21F2NO2/c1-4-10(5-2)14(19)8-18-15(20)11-6-9(3)12(16)7-13(11)17/h6-7,10,14,19H,4-5,8H2,1-3H3,(H,18,20). The lowest BCUT2D eigenvalue weighted by Gasteiger charge is -2.20. The van der Waals surface area contributed by atoms with Gasteiger partial charge in [-0.15, -0.1) is 0 Å². The lowest BCUT2D eigenvalue weighted by molar-refractivity contribution is 0.0813. The zero-order valence-electron chi connectivity index (χ0n) is 12.0. The Balaban J connectivity index is 2.70. The molecule has 20 heavy (non-hydrogen) atoms. The summed E-state index contributed by atoms with van der Waals surface area (Å²) in [5.74, 6) is -2.13. The topological polar surface area (TPSA) is 49.3 Å². The Morgan fingerprint density at radius 1 is 1.25 bits per heavy atom. The number of aliphatic hydroxyl groups is 1. The number of hydrogen-bond donors (Lipinski definition) is 2. The number of nitrogens with one attached hydrogen (secondary N) is 1. The van der Waals surface area contributed by atoms with Crippen molar-refractivity contribution in [2.75, 3.05) is 6.54 Å². The van der Waals surface area contributed by atoms with E-state index in [1.165, 1.54) is 13.0 Å². The molecule has 1 aromatic rings. The number of rotatable bonds is 6. The summed E-state index contributed by atoms with van der Waals surface area (Å²) in [5.41, 5.74) is -0.00209. The summed E-state index contributed by atoms with van der Waals surface area (Å²) >= 11 is 0. The van der Waals surface area contributed by atoms with Gasteiger partial charge in [0.2, 0.25) is 0 Å². The molecule has 1 aromatic carbocycles. The highest BCUT2D eigenvalue weighted by atomic mass is 19.1. The van der Waals surface area contributed by atoms with Crippen molar-refractivity contribution in [1.29, 1.82) is 0 Å². The normalized spacial score (nSPS) is 12.6. The van der Waals surface area contributed by atoms with Crippen LogP contribution in [0.3, 0.4) is 0 Å². The van der Waals surface area contributed by atoms with E-state index in [4.69, 9.17) is 0 Å². The van der Waals surface area contributed by atoms with Crippen molar-refractivity contribution < 1.29 is 18.7 Å². The van der Waals surface area contributed by atoms with Gasteiger partial charge in [0, 0.05) is 12.6 Å². The van der Waals surface area contributed by atoms with Crippen molar-refractivity contribution in [1.82, 2.24) is 5.32 Å². The Morgan fingerprint density at radius 2 is 1.85 bits per heavy atom. The van der Waals surface area contributed by atoms with Gasteiger partial charge < -0.3 is 10.4 Å². The molecule has 0 saturated heterocycles. The Labute approximate surface area is 118 Å². The molecule has 0 saturated carbocycles. The number of aryl methyl sites for hydroxylation is 1. The van der Waals surface area contributed by atoms with Crippen molar-refractivity contribution in [3.8, 4) is 0 Å². The monoisotopic (exact) mass is 285 g/mol. The van der Waals surface area contributed by atoms with Crippen LogP contribution in [0.25, 0.3) is 0 Å². The third kappa shape index (κ3) is 4.00. The van der Waals surface area contributed by atoms with Crippen LogP contribution in [0.2, 0.25) is 0 Å². The van der Waals surface area contributed by atoms with Gasteiger partial charge in [-0.2, -0.15) is 0 Å². The van der Waals surface area contributed by atoms with Crippen LogP contribution in [0.1, 0.15) is 42.6 Å². The number of benzene rings is 1. The van der Waals surface area contributed by atoms with Gasteiger partial charge in [-0.05, 0) is 24.5 Å². The molecule has 0 aliphatic rings. The SMILES string of the molecule is CCC(CC)C(O)CNC(=O)c1cc(C)c(F)cc1F. The molecular weight excluding hydrogens is 264 g/mol. The van der Waals surface area contributed by atoms with E-state index in [0.717, 1.165) is 12.8 Å². The average molecular weight is 285 g/mol. The molecule has 0 bridgehead atoms. The second kappa shape index (κ2) is 7.33. The second-order valence-electron chi connectivity index (χ2n) is 4.94. The van der Waals surface area contributed by atoms with Gasteiger partial charge in [0.05, 0.1) is 11.7 Å². The minimum atomic E-state index is -0.900. The highest BCUT2D eigenvalue weighted by molar-refractivity contribution is 5.94. The van der Waals surface area contributed by atoms with E-state index in [0.29, 0.717) is 6.07 Å². The van der Waals surface area contributed by atoms with E-state index in [9.17, 15) is 18.7 Å². The maximum Gasteiger partial charge on any atom is 0.254 e. The third-order valence-corrected chi connectivity index (χ3v) is 3.56. The largest absolute Gasteiger partial charge is 0.391 e. The molecular formula is C15H21F2NO2. The summed E-state index contributed by atoms with van der Waals surface area (Å²) in [7, 11) is 0. The van der Waals surface area contributed by atoms with E-state index in [1.54, 1.807) is 0 Å². The molecule has 1 atom stereocenters. The summed E-state index contributed by atoms with van der Waals surface area (Å²) in [6, 6.07) is 1.87. The van der Waals surface area contributed by atoms with Gasteiger partial charge in [-0.3, -0.25) is 4.79 Å². The molecule has 1 unspecified atom stereocenters. The minimum Gasteiger partial charge on any atom is -0.391 e. The smallest absolute Gasteiger partial charge is 0.254 e. The van der Waals surface area contributed by atoms with Gasteiger partial charge in [-0.1, -0.05) is 26.7 Å². The van der Waals surface area contributed by atoms with Crippen LogP contribution in [-0.2, 0) is 0 Å². The van der Waals surface area contributed by atoms with E-state index in [2.05, 4.69) is 5.32 Å². The highest BCUT2D eigenvalue weighted by Crippen LogP contribution is 2.15. The zero-order valence-corrected chi connectivity index (χ0v) is 12.0. The minimum absolute atomic E-state index is 0.0566. The quantitative estimate of drug-likeness (QED) is 0.844. The number of carbonyl (C=O) groups excluding carboxylic acids is 1. The Kier molecular flexibility index (Phi) is 6.07. The fourth-order valence-corrected chi connectivity index (χ4v) is 2.12. The Hall–Kier alpha value is -1.49. The van der Waals surface area contributed by atoms with E-state index in [-0.39, 0.29) is 23.6 Å². The van der Waals surface area contributed by atoms with Gasteiger partial charge in [0.25, 0.3) is 5.91 Å². The van der Waals surface area contributed by atoms with Crippen LogP contribution in [0, 0.1) is 24.5 Å². The maximum absolute atomic E-state index is 13.5. The summed E-state index contributed by atoms with van der Waals surface area (Å²) < 4.78 is 26.7. The van der Waals surface area contributed by atoms with E-state index >= 15 is 0 Å². The number of halogens is 2. The molecule has 0 aliphatic heterocycles. The molecule has 2 N–H and O–H groups in total. The van der Waals surface area contributed by atoms with Crippen molar-refractivity contribution in [3.63, 3.8) is 0 Å². The van der Waals surface area contributed by atoms with Gasteiger partial charge in [0.1, 0.15) is 11.6 Å². The average Bonchev–Trinajstić information content (AvgIpc) is 2.41. The van der Waals surface area contributed by atoms with Crippen LogP contribution >= 0.6 is 0 Å². The first-order valence-electron chi connectivity index (χ1n) is 6.82. The van der Waals surface area contributed by atoms with Crippen LogP contribution in [0.15, 0.2) is 12.1 Å². The fourth-order valence-electron chi connectivity index (χ4n) is 2.12. The molecule has 0 aromatic heterocycles. The van der Waals surface area contributed by atoms with Crippen LogP contribution in [0.5, 0.6) is 0 Å². The summed E-state index contributed by atoms with van der Waals surface area (Å²) in [4.78, 5) is 11.8. The Bertz CT molecular complexity index is 473. The van der Waals surface area contributed by atoms with E-state index in [1.807, 2.05) is 13.8 Å². The molecule has 112 valence electrons. The van der Waals surface area contributed by atoms with Crippen molar-refractivity contribution in [2.24, 2.45) is 5.92 Å².